The Labute approximate surface area is 122 Å². The van der Waals surface area contributed by atoms with Gasteiger partial charge in [-0.1, -0.05) is 19.8 Å². The van der Waals surface area contributed by atoms with Gasteiger partial charge in [0.2, 0.25) is 0 Å². The summed E-state index contributed by atoms with van der Waals surface area (Å²) in [6.45, 7) is 1.93. The quantitative estimate of drug-likeness (QED) is 0.722. The number of carbonyl (C=O) groups excluding carboxylic acids is 1. The zero-order valence-corrected chi connectivity index (χ0v) is 12.0. The molecule has 0 saturated carbocycles. The number of aliphatic carboxylic acids is 1. The molecule has 1 atom stereocenters. The molecule has 1 aromatic rings. The normalized spacial score (nSPS) is 11.6. The van der Waals surface area contributed by atoms with Gasteiger partial charge in [-0.15, -0.1) is 0 Å². The monoisotopic (exact) mass is 298 g/mol. The SMILES string of the molecule is CCCC[C@H](NC(=O)Nc1ccc(F)cc1OC)C(=O)O. The number of hydrogen-bond donors (Lipinski definition) is 3. The molecular formula is C14H19FN2O4. The number of anilines is 1. The van der Waals surface area contributed by atoms with E-state index >= 15 is 0 Å². The van der Waals surface area contributed by atoms with E-state index in [0.29, 0.717) is 12.8 Å². The number of hydrogen-bond acceptors (Lipinski definition) is 3. The first-order chi connectivity index (χ1) is 9.97. The van der Waals surface area contributed by atoms with E-state index in [4.69, 9.17) is 9.84 Å². The average molecular weight is 298 g/mol. The van der Waals surface area contributed by atoms with Gasteiger partial charge in [-0.25, -0.2) is 14.0 Å². The number of nitrogens with one attached hydrogen (secondary N) is 2. The summed E-state index contributed by atoms with van der Waals surface area (Å²) in [7, 11) is 1.35. The topological polar surface area (TPSA) is 87.7 Å². The molecule has 0 fully saturated rings. The molecule has 0 heterocycles. The van der Waals surface area contributed by atoms with Crippen LogP contribution in [-0.4, -0.2) is 30.3 Å². The zero-order chi connectivity index (χ0) is 15.8. The maximum Gasteiger partial charge on any atom is 0.326 e. The lowest BCUT2D eigenvalue weighted by Crippen LogP contribution is -2.43. The Hall–Kier alpha value is -2.31. The van der Waals surface area contributed by atoms with E-state index in [1.165, 1.54) is 19.2 Å². The largest absolute Gasteiger partial charge is 0.494 e. The van der Waals surface area contributed by atoms with Crippen molar-refractivity contribution in [3.8, 4) is 5.75 Å². The van der Waals surface area contributed by atoms with Gasteiger partial charge in [-0.2, -0.15) is 0 Å². The lowest BCUT2D eigenvalue weighted by Gasteiger charge is -2.16. The van der Waals surface area contributed by atoms with Crippen molar-refractivity contribution in [2.24, 2.45) is 0 Å². The predicted molar refractivity (Wildman–Crippen MR) is 76.1 cm³/mol. The number of carboxylic acid groups (broad SMARTS) is 1. The van der Waals surface area contributed by atoms with Gasteiger partial charge in [-0.05, 0) is 18.6 Å². The molecule has 0 aliphatic rings. The fraction of sp³-hybridized carbons (Fsp3) is 0.429. The summed E-state index contributed by atoms with van der Waals surface area (Å²) in [6, 6.07) is 2.00. The van der Waals surface area contributed by atoms with Crippen LogP contribution in [0.15, 0.2) is 18.2 Å². The van der Waals surface area contributed by atoms with E-state index in [2.05, 4.69) is 10.6 Å². The minimum atomic E-state index is -1.09. The molecule has 3 N–H and O–H groups in total. The summed E-state index contributed by atoms with van der Waals surface area (Å²) in [6.07, 6.45) is 1.87. The summed E-state index contributed by atoms with van der Waals surface area (Å²) in [5.41, 5.74) is 0.260. The van der Waals surface area contributed by atoms with Crippen LogP contribution in [0.4, 0.5) is 14.9 Å². The minimum absolute atomic E-state index is 0.158. The number of carbonyl (C=O) groups is 2. The minimum Gasteiger partial charge on any atom is -0.494 e. The number of amides is 2. The van der Waals surface area contributed by atoms with E-state index in [9.17, 15) is 14.0 Å². The van der Waals surface area contributed by atoms with Crippen molar-refractivity contribution >= 4 is 17.7 Å². The van der Waals surface area contributed by atoms with Gasteiger partial charge in [0.1, 0.15) is 17.6 Å². The molecule has 0 spiro atoms. The number of carboxylic acids is 1. The number of benzene rings is 1. The first kappa shape index (κ1) is 16.7. The molecule has 0 bridgehead atoms. The molecule has 0 radical (unpaired) electrons. The second-order valence-electron chi connectivity index (χ2n) is 4.48. The third kappa shape index (κ3) is 5.29. The summed E-state index contributed by atoms with van der Waals surface area (Å²) < 4.78 is 18.0. The van der Waals surface area contributed by atoms with Gasteiger partial charge in [-0.3, -0.25) is 0 Å². The fourth-order valence-corrected chi connectivity index (χ4v) is 1.75. The van der Waals surface area contributed by atoms with Gasteiger partial charge in [0.05, 0.1) is 12.8 Å². The van der Waals surface area contributed by atoms with Crippen molar-refractivity contribution in [1.29, 1.82) is 0 Å². The highest BCUT2D eigenvalue weighted by Crippen LogP contribution is 2.24. The number of rotatable bonds is 7. The molecule has 0 aliphatic carbocycles. The van der Waals surface area contributed by atoms with E-state index in [1.54, 1.807) is 0 Å². The molecule has 1 aromatic carbocycles. The van der Waals surface area contributed by atoms with Crippen LogP contribution in [0.5, 0.6) is 5.75 Å². The van der Waals surface area contributed by atoms with Crippen LogP contribution in [-0.2, 0) is 4.79 Å². The van der Waals surface area contributed by atoms with Crippen molar-refractivity contribution in [1.82, 2.24) is 5.32 Å². The number of ether oxygens (including phenoxy) is 1. The maximum absolute atomic E-state index is 13.0. The second kappa shape index (κ2) is 8.08. The van der Waals surface area contributed by atoms with E-state index in [1.807, 2.05) is 6.92 Å². The molecule has 0 saturated heterocycles. The molecule has 0 unspecified atom stereocenters. The van der Waals surface area contributed by atoms with Crippen molar-refractivity contribution < 1.29 is 23.8 Å². The molecule has 0 aliphatic heterocycles. The van der Waals surface area contributed by atoms with Gasteiger partial charge in [0.25, 0.3) is 0 Å². The molecule has 0 aromatic heterocycles. The predicted octanol–water partition coefficient (Wildman–Crippen LogP) is 2.60. The number of urea groups is 1. The van der Waals surface area contributed by atoms with Gasteiger partial charge in [0, 0.05) is 6.07 Å². The van der Waals surface area contributed by atoms with Crippen LogP contribution in [0, 0.1) is 5.82 Å². The third-order valence-electron chi connectivity index (χ3n) is 2.86. The molecule has 1 rings (SSSR count). The Morgan fingerprint density at radius 2 is 2.14 bits per heavy atom. The Bertz CT molecular complexity index is 508. The van der Waals surface area contributed by atoms with E-state index in [0.717, 1.165) is 12.5 Å². The van der Waals surface area contributed by atoms with E-state index < -0.39 is 23.9 Å². The molecular weight excluding hydrogens is 279 g/mol. The van der Waals surface area contributed by atoms with Crippen molar-refractivity contribution in [3.05, 3.63) is 24.0 Å². The zero-order valence-electron chi connectivity index (χ0n) is 12.0. The Balaban J connectivity index is 2.69. The number of halogens is 1. The second-order valence-corrected chi connectivity index (χ2v) is 4.48. The molecule has 7 heteroatoms. The van der Waals surface area contributed by atoms with E-state index in [-0.39, 0.29) is 11.4 Å². The maximum atomic E-state index is 13.0. The van der Waals surface area contributed by atoms with Crippen LogP contribution in [0.2, 0.25) is 0 Å². The molecule has 6 nitrogen and oxygen atoms in total. The van der Waals surface area contributed by atoms with Crippen LogP contribution in [0.1, 0.15) is 26.2 Å². The highest BCUT2D eigenvalue weighted by Gasteiger charge is 2.19. The highest BCUT2D eigenvalue weighted by molar-refractivity contribution is 5.93. The Morgan fingerprint density at radius 1 is 1.43 bits per heavy atom. The van der Waals surface area contributed by atoms with Crippen LogP contribution >= 0.6 is 0 Å². The van der Waals surface area contributed by atoms with Gasteiger partial charge >= 0.3 is 12.0 Å². The fourth-order valence-electron chi connectivity index (χ4n) is 1.75. The molecule has 21 heavy (non-hydrogen) atoms. The Kier molecular flexibility index (Phi) is 6.45. The first-order valence-electron chi connectivity index (χ1n) is 6.61. The van der Waals surface area contributed by atoms with Gasteiger partial charge < -0.3 is 20.5 Å². The number of methoxy groups -OCH3 is 1. The molecule has 2 amide bonds. The standard InChI is InChI=1S/C14H19FN2O4/c1-3-4-5-11(13(18)19)17-14(20)16-10-7-6-9(15)8-12(10)21-2/h6-8,11H,3-5H2,1-2H3,(H,18,19)(H2,16,17,20)/t11-/m0/s1. The Morgan fingerprint density at radius 3 is 2.71 bits per heavy atom. The smallest absolute Gasteiger partial charge is 0.326 e. The van der Waals surface area contributed by atoms with Crippen molar-refractivity contribution in [3.63, 3.8) is 0 Å². The summed E-state index contributed by atoms with van der Waals surface area (Å²) in [4.78, 5) is 22.9. The van der Waals surface area contributed by atoms with Crippen molar-refractivity contribution in [2.45, 2.75) is 32.2 Å². The van der Waals surface area contributed by atoms with Crippen LogP contribution < -0.4 is 15.4 Å². The molecule has 116 valence electrons. The van der Waals surface area contributed by atoms with Gasteiger partial charge in [0.15, 0.2) is 0 Å². The van der Waals surface area contributed by atoms with Crippen molar-refractivity contribution in [2.75, 3.05) is 12.4 Å². The van der Waals surface area contributed by atoms with Crippen LogP contribution in [0.3, 0.4) is 0 Å². The summed E-state index contributed by atoms with van der Waals surface area (Å²) in [5.74, 6) is -1.43. The number of unbranched alkanes of at least 4 members (excludes halogenated alkanes) is 1. The lowest BCUT2D eigenvalue weighted by molar-refractivity contribution is -0.139. The summed E-state index contributed by atoms with van der Waals surface area (Å²) in [5, 5.41) is 13.8. The first-order valence-corrected chi connectivity index (χ1v) is 6.61. The van der Waals surface area contributed by atoms with Crippen LogP contribution in [0.25, 0.3) is 0 Å². The average Bonchev–Trinajstić information content (AvgIpc) is 2.44. The summed E-state index contributed by atoms with van der Waals surface area (Å²) >= 11 is 0. The highest BCUT2D eigenvalue weighted by atomic mass is 19.1. The lowest BCUT2D eigenvalue weighted by atomic mass is 10.1. The third-order valence-corrected chi connectivity index (χ3v) is 2.86.